The Morgan fingerprint density at radius 1 is 1.43 bits per heavy atom. The van der Waals surface area contributed by atoms with Gasteiger partial charge in [-0.15, -0.1) is 11.8 Å². The highest BCUT2D eigenvalue weighted by molar-refractivity contribution is 8.00. The van der Waals surface area contributed by atoms with Crippen LogP contribution >= 0.6 is 11.8 Å². The summed E-state index contributed by atoms with van der Waals surface area (Å²) < 4.78 is 12.2. The number of oxime groups is 1. The van der Waals surface area contributed by atoms with E-state index in [-0.39, 0.29) is 29.7 Å². The molecule has 0 bridgehead atoms. The van der Waals surface area contributed by atoms with Gasteiger partial charge in [0.1, 0.15) is 36.2 Å². The Morgan fingerprint density at radius 2 is 2.26 bits per heavy atom. The van der Waals surface area contributed by atoms with Gasteiger partial charge >= 0.3 is 11.7 Å². The first kappa shape index (κ1) is 22.5. The summed E-state index contributed by atoms with van der Waals surface area (Å²) in [5, 5.41) is 16.4. The second kappa shape index (κ2) is 8.79. The summed E-state index contributed by atoms with van der Waals surface area (Å²) in [5.74, 6) is -2.19. The number of β-lactam (4-membered cyclic amide) rings is 1. The minimum Gasteiger partial charge on any atom is -0.477 e. The number of nitrogens with zero attached hydrogens (tertiary/aromatic N) is 4. The van der Waals surface area contributed by atoms with E-state index in [1.165, 1.54) is 23.8 Å². The van der Waals surface area contributed by atoms with E-state index < -0.39 is 29.2 Å². The number of amides is 2. The third kappa shape index (κ3) is 3.86. The van der Waals surface area contributed by atoms with E-state index in [1.807, 2.05) is 18.2 Å². The molecule has 1 unspecified atom stereocenters. The van der Waals surface area contributed by atoms with Crippen molar-refractivity contribution < 1.29 is 37.7 Å². The monoisotopic (exact) mass is 499 g/mol. The first-order chi connectivity index (χ1) is 16.9. The van der Waals surface area contributed by atoms with Crippen LogP contribution in [0, 0.1) is 0 Å². The van der Waals surface area contributed by atoms with Crippen LogP contribution < -0.4 is 15.6 Å². The standard InChI is InChI=1S/C21H18N6O7S/c1-32-25-13(12-8-34-21(22)23-12)16(28)24-14-17(29)27-15(20(30)31)11(9-35-19(14)27)7-26-5-2-3-10-4-6-33-18(10)26/h2-6,8,14,19H,7,9H2,1H3,(H3-,22,23,24,28,30,31)/p+1/t14?,19-/m0/s1. The molecule has 2 amide bonds. The number of hydrogen-bond acceptors (Lipinski definition) is 10. The molecule has 0 radical (unpaired) electrons. The Hall–Kier alpha value is -4.33. The molecular weight excluding hydrogens is 480 g/mol. The number of oxazole rings is 1. The zero-order valence-corrected chi connectivity index (χ0v) is 19.0. The van der Waals surface area contributed by atoms with Gasteiger partial charge in [-0.2, -0.15) is 9.55 Å². The Kier molecular flexibility index (Phi) is 5.64. The van der Waals surface area contributed by atoms with Crippen LogP contribution in [0.1, 0.15) is 5.69 Å². The zero-order chi connectivity index (χ0) is 24.7. The summed E-state index contributed by atoms with van der Waals surface area (Å²) in [7, 11) is 1.25. The van der Waals surface area contributed by atoms with Crippen LogP contribution in [-0.2, 0) is 25.8 Å². The molecule has 14 heteroatoms. The number of thioether (sulfide) groups is 1. The Labute approximate surface area is 201 Å². The van der Waals surface area contributed by atoms with Crippen molar-refractivity contribution in [1.82, 2.24) is 15.2 Å². The zero-order valence-electron chi connectivity index (χ0n) is 18.2. The lowest BCUT2D eigenvalue weighted by atomic mass is 10.0. The van der Waals surface area contributed by atoms with Gasteiger partial charge in [0.05, 0.1) is 11.6 Å². The number of rotatable bonds is 7. The van der Waals surface area contributed by atoms with Gasteiger partial charge in [-0.05, 0) is 12.1 Å². The van der Waals surface area contributed by atoms with Crippen molar-refractivity contribution in [2.75, 3.05) is 18.6 Å². The second-order valence-corrected chi connectivity index (χ2v) is 8.73. The quantitative estimate of drug-likeness (QED) is 0.175. The normalized spacial score (nSPS) is 20.0. The third-order valence-electron chi connectivity index (χ3n) is 5.54. The number of hydrogen-bond donors (Lipinski definition) is 3. The fraction of sp³-hybridized carbons (Fsp3) is 0.238. The number of pyridine rings is 1. The lowest BCUT2D eigenvalue weighted by molar-refractivity contribution is -0.669. The largest absolute Gasteiger partial charge is 0.477 e. The lowest BCUT2D eigenvalue weighted by Gasteiger charge is -2.49. The highest BCUT2D eigenvalue weighted by atomic mass is 32.2. The lowest BCUT2D eigenvalue weighted by Crippen LogP contribution is -2.71. The van der Waals surface area contributed by atoms with Gasteiger partial charge in [-0.1, -0.05) is 5.16 Å². The summed E-state index contributed by atoms with van der Waals surface area (Å²) in [6.07, 6.45) is 4.47. The third-order valence-corrected chi connectivity index (χ3v) is 6.88. The van der Waals surface area contributed by atoms with Gasteiger partial charge in [0, 0.05) is 17.4 Å². The molecule has 2 aliphatic heterocycles. The van der Waals surface area contributed by atoms with Crippen LogP contribution in [0.4, 0.5) is 6.01 Å². The Balaban J connectivity index is 1.38. The molecule has 4 N–H and O–H groups in total. The molecule has 1 fully saturated rings. The highest BCUT2D eigenvalue weighted by Gasteiger charge is 2.55. The molecule has 3 aromatic heterocycles. The summed E-state index contributed by atoms with van der Waals surface area (Å²) in [4.78, 5) is 47.7. The fourth-order valence-corrected chi connectivity index (χ4v) is 5.36. The van der Waals surface area contributed by atoms with Crippen LogP contribution in [0.3, 0.4) is 0 Å². The van der Waals surface area contributed by atoms with Crippen molar-refractivity contribution in [2.24, 2.45) is 5.16 Å². The maximum Gasteiger partial charge on any atom is 0.380 e. The molecule has 0 aliphatic carbocycles. The second-order valence-electron chi connectivity index (χ2n) is 7.63. The number of anilines is 1. The van der Waals surface area contributed by atoms with Crippen molar-refractivity contribution in [1.29, 1.82) is 0 Å². The van der Waals surface area contributed by atoms with Crippen LogP contribution in [0.15, 0.2) is 62.2 Å². The van der Waals surface area contributed by atoms with Crippen molar-refractivity contribution in [2.45, 2.75) is 18.0 Å². The van der Waals surface area contributed by atoms with E-state index in [9.17, 15) is 19.5 Å². The van der Waals surface area contributed by atoms with Gasteiger partial charge in [0.2, 0.25) is 0 Å². The number of carbonyl (C=O) groups is 3. The number of fused-ring (bicyclic) bond motifs is 2. The van der Waals surface area contributed by atoms with E-state index in [2.05, 4.69) is 15.5 Å². The molecule has 1 saturated heterocycles. The first-order valence-corrected chi connectivity index (χ1v) is 11.3. The van der Waals surface area contributed by atoms with Crippen molar-refractivity contribution in [3.63, 3.8) is 0 Å². The smallest absolute Gasteiger partial charge is 0.380 e. The van der Waals surface area contributed by atoms with E-state index >= 15 is 0 Å². The molecule has 180 valence electrons. The minimum atomic E-state index is -1.23. The van der Waals surface area contributed by atoms with E-state index in [4.69, 9.17) is 19.4 Å². The van der Waals surface area contributed by atoms with Crippen LogP contribution in [0.2, 0.25) is 0 Å². The molecule has 0 aromatic carbocycles. The maximum atomic E-state index is 13.0. The van der Waals surface area contributed by atoms with Crippen LogP contribution in [0.25, 0.3) is 11.1 Å². The molecule has 0 spiro atoms. The van der Waals surface area contributed by atoms with Gasteiger partial charge in [0.25, 0.3) is 17.8 Å². The molecule has 5 heterocycles. The van der Waals surface area contributed by atoms with Gasteiger partial charge in [-0.25, -0.2) is 4.79 Å². The number of carboxylic acids is 1. The molecule has 13 nitrogen and oxygen atoms in total. The summed E-state index contributed by atoms with van der Waals surface area (Å²) >= 11 is 1.35. The number of furan rings is 1. The van der Waals surface area contributed by atoms with E-state index in [0.717, 1.165) is 11.6 Å². The van der Waals surface area contributed by atoms with Crippen LogP contribution in [0.5, 0.6) is 0 Å². The number of carbonyl (C=O) groups excluding carboxylic acids is 2. The number of nitrogens with one attached hydrogen (secondary N) is 1. The topological polar surface area (TPSA) is 177 Å². The van der Waals surface area contributed by atoms with Crippen LogP contribution in [-0.4, -0.2) is 62.8 Å². The van der Waals surface area contributed by atoms with Crippen molar-refractivity contribution >= 4 is 52.4 Å². The first-order valence-electron chi connectivity index (χ1n) is 10.3. The molecular formula is C21H19N6O7S+. The predicted octanol–water partition coefficient (Wildman–Crippen LogP) is 0.0798. The maximum absolute atomic E-state index is 13.0. The highest BCUT2D eigenvalue weighted by Crippen LogP contribution is 2.40. The number of aromatic nitrogens is 2. The number of nitrogens with two attached hydrogens (primary N) is 1. The van der Waals surface area contributed by atoms with E-state index in [0.29, 0.717) is 17.0 Å². The number of carboxylic acid groups (broad SMARTS) is 1. The average Bonchev–Trinajstić information content (AvgIpc) is 3.49. The SMILES string of the molecule is CON=C(C(=O)NC1C(=O)N2C(C(=O)O)=C(C[n+]3cccc4ccoc43)CS[C@@H]12)c1coc(N)n1. The molecule has 0 saturated carbocycles. The molecule has 5 rings (SSSR count). The number of aliphatic carboxylic acids is 1. The Bertz CT molecular complexity index is 1410. The summed E-state index contributed by atoms with van der Waals surface area (Å²) in [5.41, 5.74) is 6.29. The fourth-order valence-electron chi connectivity index (χ4n) is 4.03. The number of nitrogen functional groups attached to an aromatic ring is 1. The Morgan fingerprint density at radius 3 is 2.97 bits per heavy atom. The molecule has 2 aliphatic rings. The van der Waals surface area contributed by atoms with Crippen molar-refractivity contribution in [3.8, 4) is 0 Å². The van der Waals surface area contributed by atoms with Gasteiger partial charge in [0.15, 0.2) is 18.5 Å². The molecule has 2 atom stereocenters. The predicted molar refractivity (Wildman–Crippen MR) is 121 cm³/mol. The summed E-state index contributed by atoms with van der Waals surface area (Å²) in [6.45, 7) is 0.227. The van der Waals surface area contributed by atoms with Crippen molar-refractivity contribution in [3.05, 3.63) is 53.9 Å². The summed E-state index contributed by atoms with van der Waals surface area (Å²) in [6, 6.07) is 4.39. The molecule has 3 aromatic rings. The minimum absolute atomic E-state index is 0.0271. The van der Waals surface area contributed by atoms with Gasteiger partial charge in [-0.3, -0.25) is 14.5 Å². The molecule has 35 heavy (non-hydrogen) atoms. The van der Waals surface area contributed by atoms with E-state index in [1.54, 1.807) is 17.0 Å². The average molecular weight is 499 g/mol. The van der Waals surface area contributed by atoms with Gasteiger partial charge < -0.3 is 29.8 Å².